The molecule has 0 radical (unpaired) electrons. The predicted molar refractivity (Wildman–Crippen MR) is 75.8 cm³/mol. The maximum absolute atomic E-state index is 11.7. The highest BCUT2D eigenvalue weighted by atomic mass is 16.5. The second-order valence-corrected chi connectivity index (χ2v) is 4.50. The van der Waals surface area contributed by atoms with Crippen LogP contribution >= 0.6 is 0 Å². The molecule has 1 heterocycles. The lowest BCUT2D eigenvalue weighted by Gasteiger charge is -2.14. The molecule has 0 aliphatic heterocycles. The number of aliphatic hydroxyl groups is 1. The second kappa shape index (κ2) is 6.34. The normalized spacial score (nSPS) is 12.2. The number of benzene rings is 1. The summed E-state index contributed by atoms with van der Waals surface area (Å²) in [6.07, 6.45) is 1.00. The van der Waals surface area contributed by atoms with Crippen molar-refractivity contribution in [3.8, 4) is 5.75 Å². The van der Waals surface area contributed by atoms with Crippen LogP contribution in [0.2, 0.25) is 0 Å². The second-order valence-electron chi connectivity index (χ2n) is 4.50. The van der Waals surface area contributed by atoms with Gasteiger partial charge < -0.3 is 9.84 Å². The van der Waals surface area contributed by atoms with Gasteiger partial charge in [0.2, 0.25) is 0 Å². The SMILES string of the molecule is CCOc1ccc(C(C)O)cc1Cn1ncccc1=O. The van der Waals surface area contributed by atoms with Gasteiger partial charge in [0.05, 0.1) is 19.3 Å². The Morgan fingerprint density at radius 1 is 1.40 bits per heavy atom. The Bertz CT molecular complexity index is 635. The van der Waals surface area contributed by atoms with Crippen LogP contribution in [0.15, 0.2) is 41.3 Å². The summed E-state index contributed by atoms with van der Waals surface area (Å²) in [7, 11) is 0. The fourth-order valence-electron chi connectivity index (χ4n) is 1.95. The highest BCUT2D eigenvalue weighted by Gasteiger charge is 2.10. The molecule has 1 aromatic heterocycles. The van der Waals surface area contributed by atoms with Crippen LogP contribution in [0.4, 0.5) is 0 Å². The van der Waals surface area contributed by atoms with Crippen molar-refractivity contribution in [2.75, 3.05) is 6.61 Å². The molecule has 0 bridgehead atoms. The van der Waals surface area contributed by atoms with Gasteiger partial charge in [0.25, 0.3) is 5.56 Å². The van der Waals surface area contributed by atoms with Crippen LogP contribution in [0.3, 0.4) is 0 Å². The van der Waals surface area contributed by atoms with Crippen molar-refractivity contribution in [1.82, 2.24) is 9.78 Å². The molecular weight excluding hydrogens is 256 g/mol. The lowest BCUT2D eigenvalue weighted by Crippen LogP contribution is -2.22. The molecule has 5 nitrogen and oxygen atoms in total. The molecule has 106 valence electrons. The minimum absolute atomic E-state index is 0.169. The van der Waals surface area contributed by atoms with Crippen LogP contribution in [0.1, 0.15) is 31.1 Å². The van der Waals surface area contributed by atoms with Crippen LogP contribution in [-0.4, -0.2) is 21.5 Å². The van der Waals surface area contributed by atoms with E-state index in [0.717, 1.165) is 11.1 Å². The third-order valence-corrected chi connectivity index (χ3v) is 2.97. The van der Waals surface area contributed by atoms with Crippen molar-refractivity contribution in [3.63, 3.8) is 0 Å². The molecule has 2 aromatic rings. The Hall–Kier alpha value is -2.14. The van der Waals surface area contributed by atoms with E-state index >= 15 is 0 Å². The van der Waals surface area contributed by atoms with Crippen molar-refractivity contribution in [2.24, 2.45) is 0 Å². The summed E-state index contributed by atoms with van der Waals surface area (Å²) < 4.78 is 6.92. The molecule has 0 aliphatic rings. The Labute approximate surface area is 117 Å². The first-order valence-electron chi connectivity index (χ1n) is 6.57. The van der Waals surface area contributed by atoms with Gasteiger partial charge in [0.15, 0.2) is 0 Å². The standard InChI is InChI=1S/C15H18N2O3/c1-3-20-14-7-6-12(11(2)18)9-13(14)10-17-15(19)5-4-8-16-17/h4-9,11,18H,3,10H2,1-2H3. The molecule has 1 unspecified atom stereocenters. The van der Waals surface area contributed by atoms with E-state index in [4.69, 9.17) is 4.74 Å². The van der Waals surface area contributed by atoms with Crippen molar-refractivity contribution in [1.29, 1.82) is 0 Å². The molecule has 0 saturated carbocycles. The molecule has 0 fully saturated rings. The van der Waals surface area contributed by atoms with E-state index < -0.39 is 6.10 Å². The number of hydrogen-bond donors (Lipinski definition) is 1. The van der Waals surface area contributed by atoms with Gasteiger partial charge in [0.1, 0.15) is 5.75 Å². The van der Waals surface area contributed by atoms with Crippen LogP contribution in [-0.2, 0) is 6.54 Å². The van der Waals surface area contributed by atoms with Crippen molar-refractivity contribution in [3.05, 3.63) is 58.0 Å². The van der Waals surface area contributed by atoms with Gasteiger partial charge >= 0.3 is 0 Å². The molecule has 1 N–H and O–H groups in total. The molecule has 1 atom stereocenters. The molecule has 1 aromatic carbocycles. The summed E-state index contributed by atoms with van der Waals surface area (Å²) in [6.45, 7) is 4.46. The third kappa shape index (κ3) is 3.24. The van der Waals surface area contributed by atoms with Gasteiger partial charge in [-0.2, -0.15) is 5.10 Å². The molecule has 0 saturated heterocycles. The highest BCUT2D eigenvalue weighted by Crippen LogP contribution is 2.24. The van der Waals surface area contributed by atoms with E-state index in [9.17, 15) is 9.90 Å². The Kier molecular flexibility index (Phi) is 4.53. The van der Waals surface area contributed by atoms with Gasteiger partial charge in [-0.15, -0.1) is 0 Å². The van der Waals surface area contributed by atoms with Crippen LogP contribution in [0, 0.1) is 0 Å². The smallest absolute Gasteiger partial charge is 0.267 e. The number of aromatic nitrogens is 2. The summed E-state index contributed by atoms with van der Waals surface area (Å²) in [5.41, 5.74) is 1.44. The maximum atomic E-state index is 11.7. The van der Waals surface area contributed by atoms with Gasteiger partial charge in [-0.05, 0) is 37.6 Å². The monoisotopic (exact) mass is 274 g/mol. The molecule has 20 heavy (non-hydrogen) atoms. The molecule has 0 spiro atoms. The van der Waals surface area contributed by atoms with Crippen LogP contribution < -0.4 is 10.3 Å². The van der Waals surface area contributed by atoms with Crippen molar-refractivity contribution < 1.29 is 9.84 Å². The first-order chi connectivity index (χ1) is 9.61. The Morgan fingerprint density at radius 3 is 2.85 bits per heavy atom. The number of nitrogens with zero attached hydrogens (tertiary/aromatic N) is 2. The lowest BCUT2D eigenvalue weighted by molar-refractivity contribution is 0.199. The quantitative estimate of drug-likeness (QED) is 0.902. The first kappa shape index (κ1) is 14.3. The number of hydrogen-bond acceptors (Lipinski definition) is 4. The zero-order valence-electron chi connectivity index (χ0n) is 11.6. The third-order valence-electron chi connectivity index (χ3n) is 2.97. The van der Waals surface area contributed by atoms with Gasteiger partial charge in [-0.25, -0.2) is 4.68 Å². The van der Waals surface area contributed by atoms with E-state index in [-0.39, 0.29) is 5.56 Å². The van der Waals surface area contributed by atoms with E-state index in [1.165, 1.54) is 10.7 Å². The Balaban J connectivity index is 2.39. The summed E-state index contributed by atoms with van der Waals surface area (Å²) in [5, 5.41) is 13.7. The van der Waals surface area contributed by atoms with Crippen molar-refractivity contribution in [2.45, 2.75) is 26.5 Å². The fraction of sp³-hybridized carbons (Fsp3) is 0.333. The zero-order chi connectivity index (χ0) is 14.5. The van der Waals surface area contributed by atoms with Crippen LogP contribution in [0.25, 0.3) is 0 Å². The summed E-state index contributed by atoms with van der Waals surface area (Å²) >= 11 is 0. The summed E-state index contributed by atoms with van der Waals surface area (Å²) in [4.78, 5) is 11.7. The molecule has 0 amide bonds. The molecule has 5 heteroatoms. The van der Waals surface area contributed by atoms with Crippen LogP contribution in [0.5, 0.6) is 5.75 Å². The highest BCUT2D eigenvalue weighted by molar-refractivity contribution is 5.38. The van der Waals surface area contributed by atoms with Crippen molar-refractivity contribution >= 4 is 0 Å². The predicted octanol–water partition coefficient (Wildman–Crippen LogP) is 1.74. The average molecular weight is 274 g/mol. The van der Waals surface area contributed by atoms with E-state index in [1.807, 2.05) is 25.1 Å². The van der Waals surface area contributed by atoms with Gasteiger partial charge in [-0.3, -0.25) is 4.79 Å². The van der Waals surface area contributed by atoms with E-state index in [0.29, 0.717) is 18.9 Å². The van der Waals surface area contributed by atoms with E-state index in [1.54, 1.807) is 19.2 Å². The molecular formula is C15H18N2O3. The fourth-order valence-corrected chi connectivity index (χ4v) is 1.95. The van der Waals surface area contributed by atoms with Gasteiger partial charge in [-0.1, -0.05) is 6.07 Å². The topological polar surface area (TPSA) is 64.3 Å². The minimum atomic E-state index is -0.565. The zero-order valence-corrected chi connectivity index (χ0v) is 11.6. The number of aliphatic hydroxyl groups excluding tert-OH is 1. The maximum Gasteiger partial charge on any atom is 0.267 e. The lowest BCUT2D eigenvalue weighted by atomic mass is 10.1. The summed E-state index contributed by atoms with van der Waals surface area (Å²) in [6, 6.07) is 8.55. The van der Waals surface area contributed by atoms with E-state index in [2.05, 4.69) is 5.10 Å². The molecule has 2 rings (SSSR count). The average Bonchev–Trinajstić information content (AvgIpc) is 2.43. The largest absolute Gasteiger partial charge is 0.494 e. The number of ether oxygens (including phenoxy) is 1. The minimum Gasteiger partial charge on any atom is -0.494 e. The first-order valence-corrected chi connectivity index (χ1v) is 6.57. The summed E-state index contributed by atoms with van der Waals surface area (Å²) in [5.74, 6) is 0.703. The molecule has 0 aliphatic carbocycles. The van der Waals surface area contributed by atoms with Gasteiger partial charge in [0, 0.05) is 17.8 Å². The number of rotatable bonds is 5. The Morgan fingerprint density at radius 2 is 2.20 bits per heavy atom.